The maximum absolute atomic E-state index is 5.89. The van der Waals surface area contributed by atoms with Gasteiger partial charge in [0.1, 0.15) is 10.7 Å². The topological polar surface area (TPSA) is 38.9 Å². The number of rotatable bonds is 1. The van der Waals surface area contributed by atoms with E-state index in [1.165, 1.54) is 11.3 Å². The number of nitrogens with zero attached hydrogens (tertiary/aromatic N) is 1. The Morgan fingerprint density at radius 1 is 1.43 bits per heavy atom. The number of halogens is 1. The number of aryl methyl sites for hydroxylation is 1. The maximum Gasteiger partial charge on any atom is 0.114 e. The summed E-state index contributed by atoms with van der Waals surface area (Å²) >= 11 is 7.38. The normalized spacial score (nSPS) is 10.4. The average molecular weight is 225 g/mol. The molecular formula is C10H9ClN2S. The molecule has 0 saturated carbocycles. The second-order valence-electron chi connectivity index (χ2n) is 2.96. The van der Waals surface area contributed by atoms with E-state index in [1.54, 1.807) is 0 Å². The van der Waals surface area contributed by atoms with Gasteiger partial charge in [-0.3, -0.25) is 0 Å². The summed E-state index contributed by atoms with van der Waals surface area (Å²) in [5.41, 5.74) is 7.64. The summed E-state index contributed by atoms with van der Waals surface area (Å²) in [4.78, 5) is 4.36. The Bertz CT molecular complexity index is 465. The monoisotopic (exact) mass is 224 g/mol. The zero-order valence-electron chi connectivity index (χ0n) is 7.62. The van der Waals surface area contributed by atoms with Crippen LogP contribution in [0.25, 0.3) is 11.3 Å². The molecule has 0 spiro atoms. The van der Waals surface area contributed by atoms with Crippen LogP contribution in [0.2, 0.25) is 5.02 Å². The predicted octanol–water partition coefficient (Wildman–Crippen LogP) is 3.35. The van der Waals surface area contributed by atoms with Crippen molar-refractivity contribution in [1.82, 2.24) is 4.98 Å². The zero-order chi connectivity index (χ0) is 10.1. The van der Waals surface area contributed by atoms with Crippen LogP contribution in [0.15, 0.2) is 24.3 Å². The van der Waals surface area contributed by atoms with E-state index in [1.807, 2.05) is 31.2 Å². The molecule has 0 amide bonds. The van der Waals surface area contributed by atoms with Crippen molar-refractivity contribution >= 4 is 27.9 Å². The molecule has 0 saturated heterocycles. The van der Waals surface area contributed by atoms with Gasteiger partial charge in [0.25, 0.3) is 0 Å². The Hall–Kier alpha value is -1.06. The minimum atomic E-state index is 0.701. The minimum Gasteiger partial charge on any atom is -0.389 e. The zero-order valence-corrected chi connectivity index (χ0v) is 9.19. The van der Waals surface area contributed by atoms with Crippen LogP contribution in [0, 0.1) is 6.92 Å². The van der Waals surface area contributed by atoms with Crippen molar-refractivity contribution in [2.45, 2.75) is 6.92 Å². The van der Waals surface area contributed by atoms with E-state index in [4.69, 9.17) is 17.3 Å². The fourth-order valence-corrected chi connectivity index (χ4v) is 2.19. The van der Waals surface area contributed by atoms with Crippen molar-refractivity contribution in [1.29, 1.82) is 0 Å². The highest BCUT2D eigenvalue weighted by molar-refractivity contribution is 7.16. The second kappa shape index (κ2) is 3.59. The summed E-state index contributed by atoms with van der Waals surface area (Å²) in [5.74, 6) is 0. The summed E-state index contributed by atoms with van der Waals surface area (Å²) < 4.78 is 0. The van der Waals surface area contributed by atoms with Crippen LogP contribution < -0.4 is 5.73 Å². The molecule has 2 aromatic rings. The van der Waals surface area contributed by atoms with E-state index in [0.717, 1.165) is 21.3 Å². The van der Waals surface area contributed by atoms with Crippen molar-refractivity contribution in [2.75, 3.05) is 5.73 Å². The van der Waals surface area contributed by atoms with Gasteiger partial charge in [-0.25, -0.2) is 4.98 Å². The number of hydrogen-bond donors (Lipinski definition) is 1. The van der Waals surface area contributed by atoms with Gasteiger partial charge in [0.15, 0.2) is 0 Å². The van der Waals surface area contributed by atoms with Gasteiger partial charge >= 0.3 is 0 Å². The van der Waals surface area contributed by atoms with E-state index < -0.39 is 0 Å². The highest BCUT2D eigenvalue weighted by Gasteiger charge is 2.07. The third kappa shape index (κ3) is 1.74. The second-order valence-corrected chi connectivity index (χ2v) is 4.63. The van der Waals surface area contributed by atoms with Crippen molar-refractivity contribution in [2.24, 2.45) is 0 Å². The number of nitrogens with two attached hydrogens (primary N) is 1. The summed E-state index contributed by atoms with van der Waals surface area (Å²) in [7, 11) is 0. The molecule has 0 bridgehead atoms. The predicted molar refractivity (Wildman–Crippen MR) is 61.7 cm³/mol. The lowest BCUT2D eigenvalue weighted by Crippen LogP contribution is -1.85. The van der Waals surface area contributed by atoms with Gasteiger partial charge in [-0.1, -0.05) is 23.7 Å². The van der Waals surface area contributed by atoms with E-state index in [2.05, 4.69) is 4.98 Å². The molecule has 4 heteroatoms. The van der Waals surface area contributed by atoms with Crippen LogP contribution in [-0.2, 0) is 0 Å². The van der Waals surface area contributed by atoms with Crippen molar-refractivity contribution in [3.8, 4) is 11.3 Å². The van der Waals surface area contributed by atoms with Gasteiger partial charge in [-0.05, 0) is 19.1 Å². The fourth-order valence-electron chi connectivity index (χ4n) is 1.29. The molecule has 0 fully saturated rings. The van der Waals surface area contributed by atoms with E-state index >= 15 is 0 Å². The molecule has 0 atom stereocenters. The lowest BCUT2D eigenvalue weighted by Gasteiger charge is -1.98. The fraction of sp³-hybridized carbons (Fsp3) is 0.100. The standard InChI is InChI=1S/C10H9ClN2S/c1-6-13-9(10(12)14-6)7-3-2-4-8(11)5-7/h2-5H,12H2,1H3. The van der Waals surface area contributed by atoms with E-state index in [-0.39, 0.29) is 0 Å². The number of thiazole rings is 1. The van der Waals surface area contributed by atoms with Crippen LogP contribution in [0.3, 0.4) is 0 Å². The highest BCUT2D eigenvalue weighted by atomic mass is 35.5. The molecule has 0 aliphatic rings. The molecule has 1 aromatic heterocycles. The smallest absolute Gasteiger partial charge is 0.114 e. The summed E-state index contributed by atoms with van der Waals surface area (Å²) in [6.45, 7) is 1.94. The molecular weight excluding hydrogens is 216 g/mol. The van der Waals surface area contributed by atoms with Crippen molar-refractivity contribution in [3.05, 3.63) is 34.3 Å². The number of hydrogen-bond acceptors (Lipinski definition) is 3. The molecule has 0 aliphatic heterocycles. The largest absolute Gasteiger partial charge is 0.389 e. The third-order valence-electron chi connectivity index (χ3n) is 1.86. The Labute approximate surface area is 91.4 Å². The Morgan fingerprint density at radius 3 is 2.79 bits per heavy atom. The van der Waals surface area contributed by atoms with Gasteiger partial charge in [0.05, 0.1) is 5.01 Å². The summed E-state index contributed by atoms with van der Waals surface area (Å²) in [6, 6.07) is 7.55. The molecule has 14 heavy (non-hydrogen) atoms. The van der Waals surface area contributed by atoms with Crippen molar-refractivity contribution in [3.63, 3.8) is 0 Å². The first kappa shape index (κ1) is 9.49. The van der Waals surface area contributed by atoms with Gasteiger partial charge in [0, 0.05) is 10.6 Å². The first-order valence-electron chi connectivity index (χ1n) is 4.15. The maximum atomic E-state index is 5.89. The Kier molecular flexibility index (Phi) is 2.44. The van der Waals surface area contributed by atoms with Gasteiger partial charge in [0.2, 0.25) is 0 Å². The van der Waals surface area contributed by atoms with Gasteiger partial charge in [-0.15, -0.1) is 11.3 Å². The third-order valence-corrected chi connectivity index (χ3v) is 2.89. The quantitative estimate of drug-likeness (QED) is 0.807. The van der Waals surface area contributed by atoms with Crippen LogP contribution >= 0.6 is 22.9 Å². The van der Waals surface area contributed by atoms with Gasteiger partial charge < -0.3 is 5.73 Å². The molecule has 1 aromatic carbocycles. The Morgan fingerprint density at radius 2 is 2.21 bits per heavy atom. The first-order chi connectivity index (χ1) is 6.66. The lowest BCUT2D eigenvalue weighted by molar-refractivity contribution is 1.30. The summed E-state index contributed by atoms with van der Waals surface area (Å²) in [5, 5.41) is 2.41. The minimum absolute atomic E-state index is 0.701. The molecule has 72 valence electrons. The number of aromatic nitrogens is 1. The molecule has 1 heterocycles. The average Bonchev–Trinajstić information content (AvgIpc) is 2.45. The van der Waals surface area contributed by atoms with Crippen molar-refractivity contribution < 1.29 is 0 Å². The van der Waals surface area contributed by atoms with Crippen LogP contribution in [-0.4, -0.2) is 4.98 Å². The lowest BCUT2D eigenvalue weighted by atomic mass is 10.2. The van der Waals surface area contributed by atoms with E-state index in [0.29, 0.717) is 5.02 Å². The molecule has 2 N–H and O–H groups in total. The SMILES string of the molecule is Cc1nc(-c2cccc(Cl)c2)c(N)s1. The van der Waals surface area contributed by atoms with E-state index in [9.17, 15) is 0 Å². The molecule has 0 unspecified atom stereocenters. The van der Waals surface area contributed by atoms with Gasteiger partial charge in [-0.2, -0.15) is 0 Å². The Balaban J connectivity index is 2.54. The van der Waals surface area contributed by atoms with Crippen LogP contribution in [0.1, 0.15) is 5.01 Å². The highest BCUT2D eigenvalue weighted by Crippen LogP contribution is 2.31. The summed E-state index contributed by atoms with van der Waals surface area (Å²) in [6.07, 6.45) is 0. The molecule has 2 rings (SSSR count). The number of benzene rings is 1. The molecule has 0 radical (unpaired) electrons. The molecule has 0 aliphatic carbocycles. The molecule has 2 nitrogen and oxygen atoms in total. The van der Waals surface area contributed by atoms with Crippen LogP contribution in [0.5, 0.6) is 0 Å². The number of nitrogen functional groups attached to an aromatic ring is 1. The van der Waals surface area contributed by atoms with Crippen LogP contribution in [0.4, 0.5) is 5.00 Å². The first-order valence-corrected chi connectivity index (χ1v) is 5.35. The number of anilines is 1.